The van der Waals surface area contributed by atoms with Crippen LogP contribution in [0.1, 0.15) is 36.1 Å². The zero-order chi connectivity index (χ0) is 13.3. The molecule has 2 nitrogen and oxygen atoms in total. The van der Waals surface area contributed by atoms with Gasteiger partial charge in [-0.15, -0.1) is 6.58 Å². The third-order valence-electron chi connectivity index (χ3n) is 3.72. The summed E-state index contributed by atoms with van der Waals surface area (Å²) in [6, 6.07) is 6.66. The molecule has 2 rings (SSSR count). The zero-order valence-corrected chi connectivity index (χ0v) is 11.4. The number of rotatable bonds is 3. The lowest BCUT2D eigenvalue weighted by molar-refractivity contribution is -0.129. The van der Waals surface area contributed by atoms with Gasteiger partial charge < -0.3 is 4.90 Å². The number of benzene rings is 1. The normalized spacial score (nSPS) is 21.2. The van der Waals surface area contributed by atoms with Crippen molar-refractivity contribution in [2.45, 2.75) is 33.2 Å². The van der Waals surface area contributed by atoms with Crippen molar-refractivity contribution < 1.29 is 4.79 Å². The summed E-state index contributed by atoms with van der Waals surface area (Å²) in [5, 5.41) is 0. The Morgan fingerprint density at radius 3 is 2.44 bits per heavy atom. The highest BCUT2D eigenvalue weighted by Crippen LogP contribution is 2.29. The highest BCUT2D eigenvalue weighted by atomic mass is 16.2. The summed E-state index contributed by atoms with van der Waals surface area (Å²) in [7, 11) is 0. The average Bonchev–Trinajstić information content (AvgIpc) is 2.68. The maximum atomic E-state index is 12.0. The van der Waals surface area contributed by atoms with Crippen molar-refractivity contribution in [3.05, 3.63) is 47.5 Å². The van der Waals surface area contributed by atoms with E-state index in [9.17, 15) is 4.79 Å². The Hall–Kier alpha value is -1.57. The van der Waals surface area contributed by atoms with Crippen molar-refractivity contribution in [2.75, 3.05) is 6.54 Å². The smallest absolute Gasteiger partial charge is 0.223 e. The predicted molar refractivity (Wildman–Crippen MR) is 74.3 cm³/mol. The van der Waals surface area contributed by atoms with Crippen molar-refractivity contribution in [3.8, 4) is 0 Å². The van der Waals surface area contributed by atoms with Crippen LogP contribution >= 0.6 is 0 Å². The molecule has 1 aliphatic rings. The number of carbonyl (C=O) groups excluding carboxylic acids is 1. The first-order chi connectivity index (χ1) is 8.51. The summed E-state index contributed by atoms with van der Waals surface area (Å²) in [5.74, 6) is 0.553. The summed E-state index contributed by atoms with van der Waals surface area (Å²) >= 11 is 0. The SMILES string of the molecule is C=CC1CC(=O)N(C(C)c2cc(C)cc(C)c2)C1. The van der Waals surface area contributed by atoms with E-state index < -0.39 is 0 Å². The molecule has 2 atom stereocenters. The number of nitrogens with zero attached hydrogens (tertiary/aromatic N) is 1. The van der Waals surface area contributed by atoms with Gasteiger partial charge in [-0.3, -0.25) is 4.79 Å². The summed E-state index contributed by atoms with van der Waals surface area (Å²) in [6.45, 7) is 10.9. The van der Waals surface area contributed by atoms with Crippen LogP contribution in [0.5, 0.6) is 0 Å². The quantitative estimate of drug-likeness (QED) is 0.745. The van der Waals surface area contributed by atoms with Gasteiger partial charge in [0.25, 0.3) is 0 Å². The topological polar surface area (TPSA) is 20.3 Å². The number of likely N-dealkylation sites (tertiary alicyclic amines) is 1. The van der Waals surface area contributed by atoms with Crippen LogP contribution in [0.2, 0.25) is 0 Å². The van der Waals surface area contributed by atoms with Crippen molar-refractivity contribution in [3.63, 3.8) is 0 Å². The molecule has 1 amide bonds. The lowest BCUT2D eigenvalue weighted by Crippen LogP contribution is -2.28. The second-order valence-corrected chi connectivity index (χ2v) is 5.34. The number of hydrogen-bond donors (Lipinski definition) is 0. The largest absolute Gasteiger partial charge is 0.335 e. The molecule has 2 heteroatoms. The van der Waals surface area contributed by atoms with Crippen LogP contribution < -0.4 is 0 Å². The molecule has 0 saturated carbocycles. The van der Waals surface area contributed by atoms with E-state index in [-0.39, 0.29) is 11.9 Å². The third kappa shape index (κ3) is 2.47. The van der Waals surface area contributed by atoms with Crippen molar-refractivity contribution >= 4 is 5.91 Å². The predicted octanol–water partition coefficient (Wildman–Crippen LogP) is 3.40. The minimum Gasteiger partial charge on any atom is -0.335 e. The number of aryl methyl sites for hydroxylation is 2. The van der Waals surface area contributed by atoms with Gasteiger partial charge in [0.15, 0.2) is 0 Å². The van der Waals surface area contributed by atoms with Crippen LogP contribution in [0.15, 0.2) is 30.9 Å². The molecule has 0 aliphatic carbocycles. The molecule has 96 valence electrons. The molecule has 1 heterocycles. The minimum atomic E-state index is 0.154. The molecular formula is C16H21NO. The number of hydrogen-bond acceptors (Lipinski definition) is 1. The van der Waals surface area contributed by atoms with E-state index in [4.69, 9.17) is 0 Å². The second-order valence-electron chi connectivity index (χ2n) is 5.34. The van der Waals surface area contributed by atoms with Crippen molar-refractivity contribution in [1.82, 2.24) is 4.90 Å². The Bertz CT molecular complexity index is 458. The Morgan fingerprint density at radius 2 is 1.94 bits per heavy atom. The van der Waals surface area contributed by atoms with Crippen molar-refractivity contribution in [1.29, 1.82) is 0 Å². The summed E-state index contributed by atoms with van der Waals surface area (Å²) in [5.41, 5.74) is 3.73. The van der Waals surface area contributed by atoms with Crippen LogP contribution in [-0.2, 0) is 4.79 Å². The van der Waals surface area contributed by atoms with E-state index >= 15 is 0 Å². The van der Waals surface area contributed by atoms with Crippen LogP contribution in [0.4, 0.5) is 0 Å². The molecular weight excluding hydrogens is 222 g/mol. The standard InChI is InChI=1S/C16H21NO/c1-5-14-9-16(18)17(10-14)13(4)15-7-11(2)6-12(3)8-15/h5-8,13-14H,1,9-10H2,2-4H3. The molecule has 1 aromatic carbocycles. The molecule has 0 bridgehead atoms. The van der Waals surface area contributed by atoms with E-state index in [2.05, 4.69) is 45.5 Å². The molecule has 18 heavy (non-hydrogen) atoms. The molecule has 0 spiro atoms. The van der Waals surface area contributed by atoms with Gasteiger partial charge in [-0.05, 0) is 26.3 Å². The molecule has 1 aliphatic heterocycles. The zero-order valence-electron chi connectivity index (χ0n) is 11.4. The van der Waals surface area contributed by atoms with Crippen LogP contribution in [-0.4, -0.2) is 17.4 Å². The monoisotopic (exact) mass is 243 g/mol. The maximum absolute atomic E-state index is 12.0. The van der Waals surface area contributed by atoms with Crippen LogP contribution in [0, 0.1) is 19.8 Å². The van der Waals surface area contributed by atoms with Gasteiger partial charge in [0.2, 0.25) is 5.91 Å². The first-order valence-corrected chi connectivity index (χ1v) is 6.51. The lowest BCUT2D eigenvalue weighted by atomic mass is 10.0. The number of carbonyl (C=O) groups is 1. The fourth-order valence-electron chi connectivity index (χ4n) is 2.72. The van der Waals surface area contributed by atoms with E-state index in [0.29, 0.717) is 12.3 Å². The molecule has 0 aromatic heterocycles. The Kier molecular flexibility index (Phi) is 3.55. The highest BCUT2D eigenvalue weighted by Gasteiger charge is 2.31. The Morgan fingerprint density at radius 1 is 1.33 bits per heavy atom. The fraction of sp³-hybridized carbons (Fsp3) is 0.438. The highest BCUT2D eigenvalue weighted by molar-refractivity contribution is 5.79. The molecule has 1 fully saturated rings. The molecule has 2 unspecified atom stereocenters. The maximum Gasteiger partial charge on any atom is 0.223 e. The van der Waals surface area contributed by atoms with Gasteiger partial charge in [-0.1, -0.05) is 35.4 Å². The van der Waals surface area contributed by atoms with Crippen LogP contribution in [0.25, 0.3) is 0 Å². The van der Waals surface area contributed by atoms with Gasteiger partial charge in [0.05, 0.1) is 6.04 Å². The summed E-state index contributed by atoms with van der Waals surface area (Å²) < 4.78 is 0. The average molecular weight is 243 g/mol. The Labute approximate surface area is 109 Å². The molecule has 0 radical (unpaired) electrons. The Balaban J connectivity index is 2.23. The lowest BCUT2D eigenvalue weighted by Gasteiger charge is -2.25. The van der Waals surface area contributed by atoms with E-state index in [1.54, 1.807) is 0 Å². The van der Waals surface area contributed by atoms with Gasteiger partial charge in [-0.2, -0.15) is 0 Å². The summed E-state index contributed by atoms with van der Waals surface area (Å²) in [4.78, 5) is 14.0. The first-order valence-electron chi connectivity index (χ1n) is 6.51. The fourth-order valence-corrected chi connectivity index (χ4v) is 2.72. The molecule has 1 saturated heterocycles. The van der Waals surface area contributed by atoms with Gasteiger partial charge in [-0.25, -0.2) is 0 Å². The van der Waals surface area contributed by atoms with Crippen LogP contribution in [0.3, 0.4) is 0 Å². The second kappa shape index (κ2) is 4.97. The van der Waals surface area contributed by atoms with Gasteiger partial charge >= 0.3 is 0 Å². The van der Waals surface area contributed by atoms with Gasteiger partial charge in [0.1, 0.15) is 0 Å². The number of amides is 1. The van der Waals surface area contributed by atoms with E-state index in [1.165, 1.54) is 16.7 Å². The molecule has 1 aromatic rings. The van der Waals surface area contributed by atoms with E-state index in [1.807, 2.05) is 11.0 Å². The first kappa shape index (κ1) is 12.9. The summed E-state index contributed by atoms with van der Waals surface area (Å²) in [6.07, 6.45) is 2.50. The minimum absolute atomic E-state index is 0.154. The van der Waals surface area contributed by atoms with E-state index in [0.717, 1.165) is 6.54 Å². The third-order valence-corrected chi connectivity index (χ3v) is 3.72. The molecule has 0 N–H and O–H groups in total. The van der Waals surface area contributed by atoms with Crippen molar-refractivity contribution in [2.24, 2.45) is 5.92 Å². The van der Waals surface area contributed by atoms with Gasteiger partial charge in [0, 0.05) is 18.9 Å².